The maximum absolute atomic E-state index is 9.96. The maximum Gasteiger partial charge on any atom is 0.227 e. The first-order valence-corrected chi connectivity index (χ1v) is 10.9. The highest BCUT2D eigenvalue weighted by Crippen LogP contribution is 2.41. The summed E-state index contributed by atoms with van der Waals surface area (Å²) in [7, 11) is 1.65. The molecule has 1 aromatic carbocycles. The summed E-state index contributed by atoms with van der Waals surface area (Å²) in [6, 6.07) is 11.6. The molecule has 9 heteroatoms. The number of hydrogen-bond acceptors (Lipinski definition) is 9. The predicted molar refractivity (Wildman–Crippen MR) is 128 cm³/mol. The van der Waals surface area contributed by atoms with E-state index >= 15 is 0 Å². The van der Waals surface area contributed by atoms with E-state index in [4.69, 9.17) is 4.74 Å². The molecule has 0 spiro atoms. The van der Waals surface area contributed by atoms with Crippen LogP contribution in [-0.4, -0.2) is 46.9 Å². The summed E-state index contributed by atoms with van der Waals surface area (Å²) in [6.07, 6.45) is 4.64. The Morgan fingerprint density at radius 1 is 1.24 bits per heavy atom. The van der Waals surface area contributed by atoms with Crippen LogP contribution in [-0.2, 0) is 16.6 Å². The molecular weight excluding hydrogens is 430 g/mol. The molecule has 0 bridgehead atoms. The van der Waals surface area contributed by atoms with Crippen LogP contribution in [0.2, 0.25) is 0 Å². The number of aromatic nitrogens is 3. The van der Waals surface area contributed by atoms with Crippen LogP contribution in [0.4, 0.5) is 17.3 Å². The standard InChI is InChI=1S/C25H25N7O2/c1-25(15-33)14-30-23-18(12-27)9-17(10-19(23)25)20-5-6-28-24(31-20)32-22-8-16(11-26)13-29-21(22)4-3-7-34-2/h5-6,8-10,13,30,33H,3-4,7,14-15H2,1-2H3,(H,28,31,32). The average Bonchev–Trinajstić information content (AvgIpc) is 3.21. The Kier molecular flexibility index (Phi) is 6.69. The Hall–Kier alpha value is -4.05. The fourth-order valence-corrected chi connectivity index (χ4v) is 4.01. The van der Waals surface area contributed by atoms with E-state index in [0.29, 0.717) is 48.0 Å². The fraction of sp³-hybridized carbons (Fsp3) is 0.320. The van der Waals surface area contributed by atoms with Gasteiger partial charge < -0.3 is 20.5 Å². The number of methoxy groups -OCH3 is 1. The highest BCUT2D eigenvalue weighted by molar-refractivity contribution is 5.76. The van der Waals surface area contributed by atoms with E-state index in [1.807, 2.05) is 13.0 Å². The van der Waals surface area contributed by atoms with Gasteiger partial charge in [-0.15, -0.1) is 0 Å². The smallest absolute Gasteiger partial charge is 0.227 e. The maximum atomic E-state index is 9.96. The second kappa shape index (κ2) is 9.84. The van der Waals surface area contributed by atoms with Gasteiger partial charge in [0, 0.05) is 43.6 Å². The molecule has 0 radical (unpaired) electrons. The number of aliphatic hydroxyl groups excluding tert-OH is 1. The number of nitriles is 2. The molecule has 2 aromatic heterocycles. The van der Waals surface area contributed by atoms with Crippen LogP contribution in [0.5, 0.6) is 0 Å². The van der Waals surface area contributed by atoms with Crippen molar-refractivity contribution in [2.75, 3.05) is 37.5 Å². The molecule has 0 fully saturated rings. The van der Waals surface area contributed by atoms with Crippen molar-refractivity contribution >= 4 is 17.3 Å². The van der Waals surface area contributed by atoms with Crippen molar-refractivity contribution in [1.29, 1.82) is 10.5 Å². The quantitative estimate of drug-likeness (QED) is 0.436. The lowest BCUT2D eigenvalue weighted by molar-refractivity contribution is 0.195. The molecule has 0 saturated carbocycles. The summed E-state index contributed by atoms with van der Waals surface area (Å²) in [5, 5.41) is 35.4. The van der Waals surface area contributed by atoms with Crippen molar-refractivity contribution in [3.05, 3.63) is 59.0 Å². The van der Waals surface area contributed by atoms with Crippen LogP contribution < -0.4 is 10.6 Å². The Morgan fingerprint density at radius 2 is 2.09 bits per heavy atom. The molecule has 1 aliphatic rings. The lowest BCUT2D eigenvalue weighted by Crippen LogP contribution is -2.28. The number of hydrogen-bond donors (Lipinski definition) is 3. The van der Waals surface area contributed by atoms with Crippen molar-refractivity contribution in [3.63, 3.8) is 0 Å². The SMILES string of the molecule is COCCCc1ncc(C#N)cc1Nc1nccc(-c2cc(C#N)c3c(c2)C(C)(CO)CN3)n1. The molecule has 3 aromatic rings. The first-order valence-electron chi connectivity index (χ1n) is 10.9. The Balaban J connectivity index is 1.69. The fourth-order valence-electron chi connectivity index (χ4n) is 4.01. The van der Waals surface area contributed by atoms with E-state index in [-0.39, 0.29) is 6.61 Å². The van der Waals surface area contributed by atoms with Crippen LogP contribution in [0.1, 0.15) is 35.7 Å². The van der Waals surface area contributed by atoms with Crippen molar-refractivity contribution < 1.29 is 9.84 Å². The van der Waals surface area contributed by atoms with E-state index in [1.165, 1.54) is 0 Å². The highest BCUT2D eigenvalue weighted by atomic mass is 16.5. The number of anilines is 3. The molecule has 0 saturated heterocycles. The van der Waals surface area contributed by atoms with Gasteiger partial charge in [0.25, 0.3) is 0 Å². The molecule has 1 unspecified atom stereocenters. The molecule has 3 N–H and O–H groups in total. The normalized spacial score (nSPS) is 16.3. The minimum Gasteiger partial charge on any atom is -0.395 e. The van der Waals surface area contributed by atoms with Crippen LogP contribution in [0.25, 0.3) is 11.3 Å². The molecule has 1 atom stereocenters. The van der Waals surface area contributed by atoms with Crippen LogP contribution in [0, 0.1) is 22.7 Å². The first kappa shape index (κ1) is 23.1. The van der Waals surface area contributed by atoms with Gasteiger partial charge in [-0.25, -0.2) is 9.97 Å². The third-order valence-corrected chi connectivity index (χ3v) is 5.97. The molecular formula is C25H25N7O2. The number of aliphatic hydroxyl groups is 1. The van der Waals surface area contributed by atoms with Gasteiger partial charge in [0.15, 0.2) is 0 Å². The average molecular weight is 456 g/mol. The number of fused-ring (bicyclic) bond motifs is 1. The van der Waals surface area contributed by atoms with E-state index in [2.05, 4.69) is 37.7 Å². The van der Waals surface area contributed by atoms with Crippen LogP contribution >= 0.6 is 0 Å². The molecule has 172 valence electrons. The molecule has 4 rings (SSSR count). The van der Waals surface area contributed by atoms with E-state index in [9.17, 15) is 15.6 Å². The largest absolute Gasteiger partial charge is 0.395 e. The molecule has 0 aliphatic carbocycles. The second-order valence-electron chi connectivity index (χ2n) is 8.45. The van der Waals surface area contributed by atoms with Gasteiger partial charge in [-0.2, -0.15) is 10.5 Å². The van der Waals surface area contributed by atoms with Gasteiger partial charge >= 0.3 is 0 Å². The summed E-state index contributed by atoms with van der Waals surface area (Å²) in [5.41, 5.74) is 4.95. The minimum atomic E-state index is -0.481. The van der Waals surface area contributed by atoms with Crippen molar-refractivity contribution in [3.8, 4) is 23.4 Å². The summed E-state index contributed by atoms with van der Waals surface area (Å²) >= 11 is 0. The highest BCUT2D eigenvalue weighted by Gasteiger charge is 2.36. The molecule has 1 aliphatic heterocycles. The van der Waals surface area contributed by atoms with Gasteiger partial charge in [0.1, 0.15) is 12.1 Å². The van der Waals surface area contributed by atoms with E-state index < -0.39 is 5.41 Å². The summed E-state index contributed by atoms with van der Waals surface area (Å²) in [6.45, 7) is 3.09. The Bertz CT molecular complexity index is 1300. The third kappa shape index (κ3) is 4.53. The lowest BCUT2D eigenvalue weighted by Gasteiger charge is -2.21. The van der Waals surface area contributed by atoms with Crippen molar-refractivity contribution in [1.82, 2.24) is 15.0 Å². The Morgan fingerprint density at radius 3 is 2.82 bits per heavy atom. The van der Waals surface area contributed by atoms with Crippen molar-refractivity contribution in [2.45, 2.75) is 25.2 Å². The lowest BCUT2D eigenvalue weighted by atomic mass is 9.83. The first-order chi connectivity index (χ1) is 16.5. The van der Waals surface area contributed by atoms with Crippen molar-refractivity contribution in [2.24, 2.45) is 0 Å². The third-order valence-electron chi connectivity index (χ3n) is 5.97. The zero-order valence-corrected chi connectivity index (χ0v) is 19.1. The zero-order chi connectivity index (χ0) is 24.1. The molecule has 3 heterocycles. The molecule has 0 amide bonds. The molecule has 34 heavy (non-hydrogen) atoms. The van der Waals surface area contributed by atoms with Gasteiger partial charge in [-0.05, 0) is 42.7 Å². The van der Waals surface area contributed by atoms with Gasteiger partial charge in [-0.3, -0.25) is 4.98 Å². The van der Waals surface area contributed by atoms with Gasteiger partial charge in [0.05, 0.1) is 40.5 Å². The summed E-state index contributed by atoms with van der Waals surface area (Å²) in [5.74, 6) is 0.351. The number of rotatable bonds is 8. The topological polar surface area (TPSA) is 140 Å². The molecule has 9 nitrogen and oxygen atoms in total. The number of pyridine rings is 1. The summed E-state index contributed by atoms with van der Waals surface area (Å²) in [4.78, 5) is 13.4. The minimum absolute atomic E-state index is 0.0357. The number of benzene rings is 1. The predicted octanol–water partition coefficient (Wildman–Crippen LogP) is 3.28. The van der Waals surface area contributed by atoms with Gasteiger partial charge in [0.2, 0.25) is 5.95 Å². The number of nitrogens with zero attached hydrogens (tertiary/aromatic N) is 5. The number of aryl methyl sites for hydroxylation is 1. The van der Waals surface area contributed by atoms with E-state index in [1.54, 1.807) is 37.7 Å². The van der Waals surface area contributed by atoms with Crippen LogP contribution in [0.15, 0.2) is 36.7 Å². The monoisotopic (exact) mass is 455 g/mol. The zero-order valence-electron chi connectivity index (χ0n) is 19.1. The van der Waals surface area contributed by atoms with Gasteiger partial charge in [-0.1, -0.05) is 6.92 Å². The number of nitrogens with one attached hydrogen (secondary N) is 2. The number of ether oxygens (including phenoxy) is 1. The Labute approximate surface area is 198 Å². The van der Waals surface area contributed by atoms with Crippen LogP contribution in [0.3, 0.4) is 0 Å². The second-order valence-corrected chi connectivity index (χ2v) is 8.45. The van der Waals surface area contributed by atoms with E-state index in [0.717, 1.165) is 28.9 Å². The summed E-state index contributed by atoms with van der Waals surface area (Å²) < 4.78 is 5.14.